The molecular formula is C13H16BrNO3. The molecule has 5 heteroatoms. The topological polar surface area (TPSA) is 66.4 Å². The van der Waals surface area contributed by atoms with Crippen LogP contribution in [-0.2, 0) is 9.59 Å². The lowest BCUT2D eigenvalue weighted by molar-refractivity contribution is -0.137. The van der Waals surface area contributed by atoms with Crippen LogP contribution in [0.3, 0.4) is 0 Å². The van der Waals surface area contributed by atoms with Crippen molar-refractivity contribution in [3.05, 3.63) is 34.3 Å². The summed E-state index contributed by atoms with van der Waals surface area (Å²) in [6.07, 6.45) is -0.130. The Kier molecular flexibility index (Phi) is 5.34. The number of carboxylic acids is 1. The van der Waals surface area contributed by atoms with Gasteiger partial charge >= 0.3 is 5.97 Å². The van der Waals surface area contributed by atoms with E-state index < -0.39 is 12.0 Å². The lowest BCUT2D eigenvalue weighted by atomic mass is 10.0. The van der Waals surface area contributed by atoms with Gasteiger partial charge in [0.15, 0.2) is 0 Å². The first-order chi connectivity index (χ1) is 8.40. The van der Waals surface area contributed by atoms with E-state index in [0.717, 1.165) is 10.0 Å². The van der Waals surface area contributed by atoms with Gasteiger partial charge in [-0.1, -0.05) is 41.9 Å². The van der Waals surface area contributed by atoms with Crippen LogP contribution in [0.1, 0.15) is 31.9 Å². The fourth-order valence-corrected chi connectivity index (χ4v) is 1.91. The summed E-state index contributed by atoms with van der Waals surface area (Å²) in [5.41, 5.74) is 0.778. The molecule has 0 aliphatic heterocycles. The van der Waals surface area contributed by atoms with Gasteiger partial charge in [-0.25, -0.2) is 0 Å². The normalized spacial score (nSPS) is 12.2. The van der Waals surface area contributed by atoms with Crippen LogP contribution in [0, 0.1) is 5.92 Å². The molecule has 1 aromatic carbocycles. The van der Waals surface area contributed by atoms with Crippen molar-refractivity contribution >= 4 is 27.8 Å². The Labute approximate surface area is 115 Å². The van der Waals surface area contributed by atoms with E-state index in [1.54, 1.807) is 19.9 Å². The average Bonchev–Trinajstić information content (AvgIpc) is 2.27. The number of aliphatic carboxylic acids is 1. The molecule has 0 aromatic heterocycles. The quantitative estimate of drug-likeness (QED) is 0.878. The number of halogens is 1. The summed E-state index contributed by atoms with van der Waals surface area (Å²) < 4.78 is 0.856. The predicted octanol–water partition coefficient (Wildman–Crippen LogP) is 2.74. The zero-order valence-electron chi connectivity index (χ0n) is 10.3. The molecule has 1 aromatic rings. The van der Waals surface area contributed by atoms with Gasteiger partial charge in [0, 0.05) is 10.4 Å². The maximum Gasteiger partial charge on any atom is 0.305 e. The van der Waals surface area contributed by atoms with Crippen LogP contribution in [0.4, 0.5) is 0 Å². The Morgan fingerprint density at radius 1 is 1.39 bits per heavy atom. The molecule has 98 valence electrons. The summed E-state index contributed by atoms with van der Waals surface area (Å²) in [7, 11) is 0. The molecule has 18 heavy (non-hydrogen) atoms. The van der Waals surface area contributed by atoms with E-state index in [9.17, 15) is 9.59 Å². The SMILES string of the molecule is CC(C)C(=O)N[C@@H](CC(=O)O)c1cccc(Br)c1. The minimum Gasteiger partial charge on any atom is -0.481 e. The van der Waals surface area contributed by atoms with Crippen molar-refractivity contribution in [2.24, 2.45) is 5.92 Å². The smallest absolute Gasteiger partial charge is 0.305 e. The van der Waals surface area contributed by atoms with Gasteiger partial charge in [-0.15, -0.1) is 0 Å². The first kappa shape index (κ1) is 14.7. The third kappa shape index (κ3) is 4.49. The van der Waals surface area contributed by atoms with Gasteiger partial charge in [-0.05, 0) is 17.7 Å². The standard InChI is InChI=1S/C13H16BrNO3/c1-8(2)13(18)15-11(7-12(16)17)9-4-3-5-10(14)6-9/h3-6,8,11H,7H2,1-2H3,(H,15,18)(H,16,17)/t11-/m0/s1. The molecule has 0 aliphatic carbocycles. The number of carboxylic acid groups (broad SMARTS) is 1. The Balaban J connectivity index is 2.91. The summed E-state index contributed by atoms with van der Waals surface area (Å²) in [5.74, 6) is -1.27. The molecule has 0 unspecified atom stereocenters. The van der Waals surface area contributed by atoms with Gasteiger partial charge in [0.2, 0.25) is 5.91 Å². The fourth-order valence-electron chi connectivity index (χ4n) is 1.49. The Morgan fingerprint density at radius 3 is 2.56 bits per heavy atom. The van der Waals surface area contributed by atoms with Crippen molar-refractivity contribution in [1.82, 2.24) is 5.32 Å². The van der Waals surface area contributed by atoms with Gasteiger partial charge in [0.05, 0.1) is 12.5 Å². The number of hydrogen-bond acceptors (Lipinski definition) is 2. The van der Waals surface area contributed by atoms with Crippen LogP contribution >= 0.6 is 15.9 Å². The number of benzene rings is 1. The van der Waals surface area contributed by atoms with Crippen molar-refractivity contribution in [2.45, 2.75) is 26.3 Å². The number of carbonyl (C=O) groups excluding carboxylic acids is 1. The van der Waals surface area contributed by atoms with Crippen LogP contribution in [-0.4, -0.2) is 17.0 Å². The number of nitrogens with one attached hydrogen (secondary N) is 1. The van der Waals surface area contributed by atoms with Crippen molar-refractivity contribution in [2.75, 3.05) is 0 Å². The van der Waals surface area contributed by atoms with Crippen molar-refractivity contribution < 1.29 is 14.7 Å². The molecule has 1 rings (SSSR count). The molecule has 0 fully saturated rings. The monoisotopic (exact) mass is 313 g/mol. The molecule has 0 heterocycles. The third-order valence-corrected chi connectivity index (χ3v) is 2.96. The molecule has 0 spiro atoms. The Bertz CT molecular complexity index is 446. The molecule has 0 radical (unpaired) electrons. The molecule has 0 saturated heterocycles. The molecule has 0 bridgehead atoms. The van der Waals surface area contributed by atoms with Crippen molar-refractivity contribution in [3.8, 4) is 0 Å². The number of amides is 1. The lowest BCUT2D eigenvalue weighted by Crippen LogP contribution is -2.33. The zero-order chi connectivity index (χ0) is 13.7. The van der Waals surface area contributed by atoms with Gasteiger partial charge in [-0.2, -0.15) is 0 Å². The highest BCUT2D eigenvalue weighted by atomic mass is 79.9. The number of hydrogen-bond donors (Lipinski definition) is 2. The van der Waals surface area contributed by atoms with E-state index >= 15 is 0 Å². The van der Waals surface area contributed by atoms with E-state index in [-0.39, 0.29) is 18.2 Å². The third-order valence-electron chi connectivity index (χ3n) is 2.47. The van der Waals surface area contributed by atoms with Gasteiger partial charge in [0.1, 0.15) is 0 Å². The first-order valence-corrected chi connectivity index (χ1v) is 6.47. The largest absolute Gasteiger partial charge is 0.481 e. The predicted molar refractivity (Wildman–Crippen MR) is 72.1 cm³/mol. The Hall–Kier alpha value is -1.36. The van der Waals surface area contributed by atoms with Gasteiger partial charge in [-0.3, -0.25) is 9.59 Å². The first-order valence-electron chi connectivity index (χ1n) is 5.67. The summed E-state index contributed by atoms with van der Waals surface area (Å²) >= 11 is 3.33. The molecule has 4 nitrogen and oxygen atoms in total. The maximum absolute atomic E-state index is 11.7. The highest BCUT2D eigenvalue weighted by Crippen LogP contribution is 2.21. The van der Waals surface area contributed by atoms with E-state index in [1.165, 1.54) is 0 Å². The van der Waals surface area contributed by atoms with E-state index in [1.807, 2.05) is 18.2 Å². The summed E-state index contributed by atoms with van der Waals surface area (Å²) in [6, 6.07) is 6.78. The lowest BCUT2D eigenvalue weighted by Gasteiger charge is -2.19. The van der Waals surface area contributed by atoms with Crippen molar-refractivity contribution in [1.29, 1.82) is 0 Å². The zero-order valence-corrected chi connectivity index (χ0v) is 11.9. The summed E-state index contributed by atoms with van der Waals surface area (Å²) in [4.78, 5) is 22.5. The van der Waals surface area contributed by atoms with Crippen LogP contribution in [0.2, 0.25) is 0 Å². The maximum atomic E-state index is 11.7. The second kappa shape index (κ2) is 6.54. The molecule has 2 N–H and O–H groups in total. The minimum absolute atomic E-state index is 0.130. The van der Waals surface area contributed by atoms with Crippen molar-refractivity contribution in [3.63, 3.8) is 0 Å². The van der Waals surface area contributed by atoms with Crippen LogP contribution < -0.4 is 5.32 Å². The van der Waals surface area contributed by atoms with Crippen LogP contribution in [0.15, 0.2) is 28.7 Å². The highest BCUT2D eigenvalue weighted by Gasteiger charge is 2.19. The number of carbonyl (C=O) groups is 2. The summed E-state index contributed by atoms with van der Waals surface area (Å²) in [5, 5.41) is 11.7. The fraction of sp³-hybridized carbons (Fsp3) is 0.385. The molecule has 0 aliphatic rings. The van der Waals surface area contributed by atoms with Crippen LogP contribution in [0.25, 0.3) is 0 Å². The van der Waals surface area contributed by atoms with Gasteiger partial charge < -0.3 is 10.4 Å². The molecule has 1 amide bonds. The minimum atomic E-state index is -0.941. The summed E-state index contributed by atoms with van der Waals surface area (Å²) in [6.45, 7) is 3.54. The second-order valence-corrected chi connectivity index (χ2v) is 5.28. The van der Waals surface area contributed by atoms with E-state index in [2.05, 4.69) is 21.2 Å². The Morgan fingerprint density at radius 2 is 2.06 bits per heavy atom. The molecule has 0 saturated carbocycles. The average molecular weight is 314 g/mol. The van der Waals surface area contributed by atoms with E-state index in [4.69, 9.17) is 5.11 Å². The second-order valence-electron chi connectivity index (χ2n) is 4.37. The molecule has 1 atom stereocenters. The number of rotatable bonds is 5. The highest BCUT2D eigenvalue weighted by molar-refractivity contribution is 9.10. The van der Waals surface area contributed by atoms with Gasteiger partial charge in [0.25, 0.3) is 0 Å². The van der Waals surface area contributed by atoms with E-state index in [0.29, 0.717) is 0 Å². The van der Waals surface area contributed by atoms with Crippen LogP contribution in [0.5, 0.6) is 0 Å². The molecular weight excluding hydrogens is 298 g/mol.